The number of aromatic nitrogens is 3. The number of nitrogens with one attached hydrogen (secondary N) is 1. The minimum Gasteiger partial charge on any atom is -0.297 e. The maximum Gasteiger partial charge on any atom is 0.267 e. The number of thiophene rings is 1. The van der Waals surface area contributed by atoms with Crippen LogP contribution in [0.25, 0.3) is 41.0 Å². The van der Waals surface area contributed by atoms with Crippen molar-refractivity contribution in [3.63, 3.8) is 0 Å². The molecule has 0 spiro atoms. The van der Waals surface area contributed by atoms with E-state index in [1.54, 1.807) is 22.7 Å². The third kappa shape index (κ3) is 3.55. The molecule has 0 atom stereocenters. The maximum absolute atomic E-state index is 12.8. The Morgan fingerprint density at radius 1 is 0.742 bits per heavy atom. The highest BCUT2D eigenvalue weighted by atomic mass is 32.1. The van der Waals surface area contributed by atoms with Crippen LogP contribution in [-0.4, -0.2) is 20.9 Å². The fraction of sp³-hybridized carbons (Fsp3) is 0. The maximum atomic E-state index is 12.8. The monoisotopic (exact) mass is 476 g/mol. The fourth-order valence-corrected chi connectivity index (χ4v) is 6.74. The van der Waals surface area contributed by atoms with Gasteiger partial charge in [-0.3, -0.25) is 10.1 Å². The molecule has 0 bridgehead atoms. The lowest BCUT2D eigenvalue weighted by atomic mass is 10.3. The van der Waals surface area contributed by atoms with E-state index in [4.69, 9.17) is 0 Å². The van der Waals surface area contributed by atoms with Gasteiger partial charge in [0.2, 0.25) is 0 Å². The van der Waals surface area contributed by atoms with Crippen molar-refractivity contribution in [1.82, 2.24) is 15.0 Å². The number of anilines is 1. The van der Waals surface area contributed by atoms with Gasteiger partial charge in [0.05, 0.1) is 30.2 Å². The molecule has 9 heteroatoms. The molecule has 0 fully saturated rings. The zero-order chi connectivity index (χ0) is 20.8. The van der Waals surface area contributed by atoms with Crippen molar-refractivity contribution >= 4 is 76.8 Å². The molecule has 0 aliphatic carbocycles. The van der Waals surface area contributed by atoms with Crippen molar-refractivity contribution in [1.29, 1.82) is 0 Å². The second-order valence-corrected chi connectivity index (χ2v) is 10.6. The first kappa shape index (κ1) is 18.8. The summed E-state index contributed by atoms with van der Waals surface area (Å²) in [5.74, 6) is -0.164. The average molecular weight is 477 g/mol. The molecular weight excluding hydrogens is 465 g/mol. The summed E-state index contributed by atoms with van der Waals surface area (Å²) in [6, 6.07) is 19.8. The van der Waals surface area contributed by atoms with Gasteiger partial charge < -0.3 is 0 Å². The number of carbonyl (C=O) groups is 1. The van der Waals surface area contributed by atoms with Crippen LogP contribution in [0.15, 0.2) is 66.0 Å². The molecule has 1 N–H and O–H groups in total. The van der Waals surface area contributed by atoms with Crippen LogP contribution < -0.4 is 5.32 Å². The first-order valence-electron chi connectivity index (χ1n) is 9.31. The van der Waals surface area contributed by atoms with Gasteiger partial charge in [-0.2, -0.15) is 0 Å². The molecule has 1 amide bonds. The smallest absolute Gasteiger partial charge is 0.267 e. The van der Waals surface area contributed by atoms with Crippen molar-refractivity contribution in [2.45, 2.75) is 0 Å². The van der Waals surface area contributed by atoms with Crippen molar-refractivity contribution in [2.75, 3.05) is 5.32 Å². The van der Waals surface area contributed by atoms with Crippen LogP contribution in [0.3, 0.4) is 0 Å². The Morgan fingerprint density at radius 2 is 1.42 bits per heavy atom. The Kier molecular flexibility index (Phi) is 4.61. The van der Waals surface area contributed by atoms with Gasteiger partial charge in [-0.05, 0) is 36.4 Å². The second-order valence-electron chi connectivity index (χ2n) is 6.63. The van der Waals surface area contributed by atoms with Gasteiger partial charge in [0.1, 0.15) is 15.7 Å². The summed E-state index contributed by atoms with van der Waals surface area (Å²) in [7, 11) is 0. The molecule has 150 valence electrons. The molecule has 31 heavy (non-hydrogen) atoms. The Hall–Kier alpha value is -2.98. The summed E-state index contributed by atoms with van der Waals surface area (Å²) in [5, 5.41) is 7.18. The number of hydrogen-bond donors (Lipinski definition) is 1. The van der Waals surface area contributed by atoms with Crippen molar-refractivity contribution < 1.29 is 4.79 Å². The van der Waals surface area contributed by atoms with Crippen LogP contribution in [0.2, 0.25) is 0 Å². The summed E-state index contributed by atoms with van der Waals surface area (Å²) in [6.45, 7) is 0. The Labute approximate surface area is 192 Å². The first-order valence-corrected chi connectivity index (χ1v) is 12.6. The van der Waals surface area contributed by atoms with E-state index in [0.717, 1.165) is 41.0 Å². The normalized spacial score (nSPS) is 11.4. The van der Waals surface area contributed by atoms with E-state index in [9.17, 15) is 4.79 Å². The molecule has 5 nitrogen and oxygen atoms in total. The largest absolute Gasteiger partial charge is 0.297 e. The second kappa shape index (κ2) is 7.61. The van der Waals surface area contributed by atoms with Gasteiger partial charge in [0, 0.05) is 5.38 Å². The van der Waals surface area contributed by atoms with Crippen LogP contribution in [0, 0.1) is 0 Å². The highest BCUT2D eigenvalue weighted by Crippen LogP contribution is 2.35. The Bertz CT molecular complexity index is 1490. The van der Waals surface area contributed by atoms with E-state index in [1.807, 2.05) is 60.0 Å². The molecule has 4 heterocycles. The van der Waals surface area contributed by atoms with Crippen molar-refractivity contribution in [3.05, 3.63) is 70.9 Å². The fourth-order valence-electron chi connectivity index (χ4n) is 3.12. The number of thiazole rings is 3. The summed E-state index contributed by atoms with van der Waals surface area (Å²) >= 11 is 6.07. The van der Waals surface area contributed by atoms with Gasteiger partial charge in [-0.1, -0.05) is 24.3 Å². The quantitative estimate of drug-likeness (QED) is 0.297. The number of carbonyl (C=O) groups excluding carboxylic acids is 1. The third-order valence-corrected chi connectivity index (χ3v) is 8.68. The van der Waals surface area contributed by atoms with Crippen molar-refractivity contribution in [2.24, 2.45) is 0 Å². The zero-order valence-electron chi connectivity index (χ0n) is 15.7. The molecule has 6 aromatic rings. The SMILES string of the molecule is O=C(Nc1nc(-c2nc3ccccc3s2)cs1)c1ccc(-c2nc3ccccc3s2)s1. The molecule has 0 aliphatic rings. The zero-order valence-corrected chi connectivity index (χ0v) is 19.0. The highest BCUT2D eigenvalue weighted by Gasteiger charge is 2.16. The lowest BCUT2D eigenvalue weighted by molar-refractivity contribution is 0.103. The van der Waals surface area contributed by atoms with Crippen LogP contribution in [-0.2, 0) is 0 Å². The number of amides is 1. The summed E-state index contributed by atoms with van der Waals surface area (Å²) in [5.41, 5.74) is 2.72. The molecule has 0 unspecified atom stereocenters. The summed E-state index contributed by atoms with van der Waals surface area (Å²) in [4.78, 5) is 28.2. The van der Waals surface area contributed by atoms with Gasteiger partial charge in [-0.25, -0.2) is 15.0 Å². The summed E-state index contributed by atoms with van der Waals surface area (Å²) < 4.78 is 2.26. The predicted octanol–water partition coefficient (Wildman–Crippen LogP) is 7.01. The molecule has 6 rings (SSSR count). The lowest BCUT2D eigenvalue weighted by Gasteiger charge is -1.97. The van der Waals surface area contributed by atoms with Gasteiger partial charge >= 0.3 is 0 Å². The lowest BCUT2D eigenvalue weighted by Crippen LogP contribution is -2.09. The van der Waals surface area contributed by atoms with Crippen LogP contribution in [0.4, 0.5) is 5.13 Å². The Morgan fingerprint density at radius 3 is 2.16 bits per heavy atom. The van der Waals surface area contributed by atoms with E-state index < -0.39 is 0 Å². The number of nitrogens with zero attached hydrogens (tertiary/aromatic N) is 3. The van der Waals surface area contributed by atoms with E-state index in [-0.39, 0.29) is 5.91 Å². The number of benzene rings is 2. The van der Waals surface area contributed by atoms with E-state index >= 15 is 0 Å². The average Bonchev–Trinajstić information content (AvgIpc) is 3.58. The molecular formula is C22H12N4OS4. The van der Waals surface area contributed by atoms with Gasteiger partial charge in [-0.15, -0.1) is 45.3 Å². The molecule has 0 saturated heterocycles. The van der Waals surface area contributed by atoms with E-state index in [1.165, 1.54) is 22.7 Å². The summed E-state index contributed by atoms with van der Waals surface area (Å²) in [6.07, 6.45) is 0. The number of fused-ring (bicyclic) bond motifs is 2. The molecule has 0 radical (unpaired) electrons. The number of hydrogen-bond acceptors (Lipinski definition) is 8. The van der Waals surface area contributed by atoms with Gasteiger partial charge in [0.25, 0.3) is 5.91 Å². The highest BCUT2D eigenvalue weighted by molar-refractivity contribution is 7.26. The first-order chi connectivity index (χ1) is 15.2. The minimum atomic E-state index is -0.164. The molecule has 0 aliphatic heterocycles. The molecule has 2 aromatic carbocycles. The molecule has 0 saturated carbocycles. The predicted molar refractivity (Wildman–Crippen MR) is 132 cm³/mol. The van der Waals surface area contributed by atoms with E-state index in [0.29, 0.717) is 10.0 Å². The topological polar surface area (TPSA) is 67.8 Å². The van der Waals surface area contributed by atoms with Crippen LogP contribution >= 0.6 is 45.3 Å². The van der Waals surface area contributed by atoms with Gasteiger partial charge in [0.15, 0.2) is 5.13 Å². The van der Waals surface area contributed by atoms with Crippen molar-refractivity contribution in [3.8, 4) is 20.6 Å². The van der Waals surface area contributed by atoms with Crippen LogP contribution in [0.1, 0.15) is 9.67 Å². The third-order valence-electron chi connectivity index (χ3n) is 4.57. The van der Waals surface area contributed by atoms with Crippen LogP contribution in [0.5, 0.6) is 0 Å². The minimum absolute atomic E-state index is 0.164. The number of rotatable bonds is 4. The standard InChI is InChI=1S/C22H12N4OS4/c27-19(17-9-10-18(29-17)21-24-13-6-2-4-8-16(13)31-21)26-22-25-14(11-28-22)20-23-12-5-1-3-7-15(12)30-20/h1-11H,(H,25,26,27). The molecule has 4 aromatic heterocycles. The Balaban J connectivity index is 1.21. The number of para-hydroxylation sites is 2. The van der Waals surface area contributed by atoms with E-state index in [2.05, 4.69) is 26.3 Å².